The summed E-state index contributed by atoms with van der Waals surface area (Å²) >= 11 is 0. The number of esters is 1. The van der Waals surface area contributed by atoms with Crippen LogP contribution in [0.25, 0.3) is 0 Å². The Kier molecular flexibility index (Phi) is 6.67. The largest absolute Gasteiger partial charge is 0.480 e. The van der Waals surface area contributed by atoms with Crippen molar-refractivity contribution in [2.24, 2.45) is 0 Å². The fraction of sp³-hybridized carbons (Fsp3) is 0.615. The van der Waals surface area contributed by atoms with E-state index in [1.807, 2.05) is 6.08 Å². The second-order valence-electron chi connectivity index (χ2n) is 4.61. The minimum atomic E-state index is -1.30. The van der Waals surface area contributed by atoms with Gasteiger partial charge in [-0.25, -0.2) is 9.59 Å². The molecule has 0 saturated heterocycles. The number of amides is 2. The molecule has 1 atom stereocenters. The number of ether oxygens (including phenoxy) is 2. The van der Waals surface area contributed by atoms with Crippen LogP contribution in [-0.4, -0.2) is 67.9 Å². The number of hydrogen-bond acceptors (Lipinski definition) is 5. The van der Waals surface area contributed by atoms with Gasteiger partial charge in [0.25, 0.3) is 0 Å². The van der Waals surface area contributed by atoms with Gasteiger partial charge >= 0.3 is 18.0 Å². The maximum atomic E-state index is 12.0. The first-order valence-electron chi connectivity index (χ1n) is 6.49. The van der Waals surface area contributed by atoms with Gasteiger partial charge in [0.05, 0.1) is 20.1 Å². The lowest BCUT2D eigenvalue weighted by Gasteiger charge is -2.27. The Labute approximate surface area is 122 Å². The van der Waals surface area contributed by atoms with Gasteiger partial charge in [-0.1, -0.05) is 6.08 Å². The van der Waals surface area contributed by atoms with Crippen molar-refractivity contribution in [2.45, 2.75) is 18.9 Å². The average Bonchev–Trinajstić information content (AvgIpc) is 2.47. The molecule has 8 heteroatoms. The molecule has 1 aliphatic heterocycles. The summed E-state index contributed by atoms with van der Waals surface area (Å²) in [6.45, 7) is 1.39. The van der Waals surface area contributed by atoms with Crippen LogP contribution in [0.2, 0.25) is 0 Å². The number of aliphatic carboxylic acids is 1. The number of hydrogen-bond donors (Lipinski definition) is 2. The van der Waals surface area contributed by atoms with Crippen molar-refractivity contribution >= 4 is 18.0 Å². The summed E-state index contributed by atoms with van der Waals surface area (Å²) in [5.74, 6) is -1.97. The molecule has 0 saturated carbocycles. The summed E-state index contributed by atoms with van der Waals surface area (Å²) in [4.78, 5) is 35.6. The fourth-order valence-corrected chi connectivity index (χ4v) is 1.90. The van der Waals surface area contributed by atoms with Crippen LogP contribution >= 0.6 is 0 Å². The first-order valence-corrected chi connectivity index (χ1v) is 6.49. The zero-order chi connectivity index (χ0) is 15.8. The molecule has 0 unspecified atom stereocenters. The van der Waals surface area contributed by atoms with Gasteiger partial charge in [-0.15, -0.1) is 0 Å². The Hall–Kier alpha value is -2.09. The molecule has 0 bridgehead atoms. The molecule has 0 aromatic carbocycles. The molecule has 0 aliphatic carbocycles. The topological polar surface area (TPSA) is 105 Å². The molecule has 8 nitrogen and oxygen atoms in total. The van der Waals surface area contributed by atoms with Crippen LogP contribution in [0.4, 0.5) is 4.79 Å². The van der Waals surface area contributed by atoms with Crippen LogP contribution in [0.3, 0.4) is 0 Å². The summed E-state index contributed by atoms with van der Waals surface area (Å²) in [7, 11) is 2.76. The quantitative estimate of drug-likeness (QED) is 0.528. The van der Waals surface area contributed by atoms with Crippen molar-refractivity contribution in [3.05, 3.63) is 11.6 Å². The lowest BCUT2D eigenvalue weighted by molar-refractivity contribution is -0.147. The highest BCUT2D eigenvalue weighted by Crippen LogP contribution is 2.11. The third kappa shape index (κ3) is 5.42. The molecule has 2 amide bonds. The van der Waals surface area contributed by atoms with Gasteiger partial charge in [0, 0.05) is 20.2 Å². The summed E-state index contributed by atoms with van der Waals surface area (Å²) in [5, 5.41) is 11.3. The fourth-order valence-electron chi connectivity index (χ4n) is 1.90. The maximum Gasteiger partial charge on any atom is 0.326 e. The van der Waals surface area contributed by atoms with E-state index in [-0.39, 0.29) is 0 Å². The third-order valence-corrected chi connectivity index (χ3v) is 3.11. The van der Waals surface area contributed by atoms with Gasteiger partial charge in [-0.2, -0.15) is 0 Å². The van der Waals surface area contributed by atoms with Crippen LogP contribution in [-0.2, 0) is 19.1 Å². The Morgan fingerprint density at radius 3 is 2.62 bits per heavy atom. The van der Waals surface area contributed by atoms with E-state index in [1.165, 1.54) is 4.90 Å². The third-order valence-electron chi connectivity index (χ3n) is 3.11. The molecule has 2 N–H and O–H groups in total. The van der Waals surface area contributed by atoms with Crippen LogP contribution < -0.4 is 5.32 Å². The first kappa shape index (κ1) is 17.0. The van der Waals surface area contributed by atoms with E-state index in [1.54, 1.807) is 7.11 Å². The molecule has 0 radical (unpaired) electrons. The smallest absolute Gasteiger partial charge is 0.326 e. The zero-order valence-corrected chi connectivity index (χ0v) is 12.1. The number of nitrogens with zero attached hydrogens (tertiary/aromatic N) is 1. The molecule has 0 aromatic rings. The molecule has 21 heavy (non-hydrogen) atoms. The number of rotatable bonds is 6. The number of carboxylic acid groups (broad SMARTS) is 1. The van der Waals surface area contributed by atoms with E-state index in [0.717, 1.165) is 12.7 Å². The number of carbonyl (C=O) groups excluding carboxylic acids is 2. The van der Waals surface area contributed by atoms with Gasteiger partial charge in [0.2, 0.25) is 0 Å². The molecule has 0 aromatic heterocycles. The van der Waals surface area contributed by atoms with Crippen molar-refractivity contribution in [2.75, 3.05) is 33.9 Å². The summed E-state index contributed by atoms with van der Waals surface area (Å²) in [5.41, 5.74) is 1.10. The maximum absolute atomic E-state index is 12.0. The Morgan fingerprint density at radius 2 is 2.14 bits per heavy atom. The normalized spacial score (nSPS) is 15.9. The van der Waals surface area contributed by atoms with Gasteiger partial charge in [-0.3, -0.25) is 4.79 Å². The predicted molar refractivity (Wildman–Crippen MR) is 72.7 cm³/mol. The molecule has 1 rings (SSSR count). The van der Waals surface area contributed by atoms with E-state index >= 15 is 0 Å². The molecular weight excluding hydrogens is 280 g/mol. The summed E-state index contributed by atoms with van der Waals surface area (Å²) in [6, 6.07) is -1.81. The summed E-state index contributed by atoms with van der Waals surface area (Å²) < 4.78 is 9.42. The van der Waals surface area contributed by atoms with Crippen molar-refractivity contribution in [1.29, 1.82) is 0 Å². The van der Waals surface area contributed by atoms with E-state index in [2.05, 4.69) is 10.1 Å². The van der Waals surface area contributed by atoms with Crippen molar-refractivity contribution in [1.82, 2.24) is 10.2 Å². The molecule has 1 aliphatic rings. The number of carboxylic acids is 1. The predicted octanol–water partition coefficient (Wildman–Crippen LogP) is -0.00920. The highest BCUT2D eigenvalue weighted by molar-refractivity contribution is 5.86. The highest BCUT2D eigenvalue weighted by atomic mass is 16.5. The number of nitrogens with one attached hydrogen (secondary N) is 1. The lowest BCUT2D eigenvalue weighted by atomic mass is 10.1. The molecule has 0 fully saturated rings. The van der Waals surface area contributed by atoms with Crippen molar-refractivity contribution in [3.8, 4) is 0 Å². The van der Waals surface area contributed by atoms with Crippen molar-refractivity contribution in [3.63, 3.8) is 0 Å². The Morgan fingerprint density at radius 1 is 1.43 bits per heavy atom. The first-order chi connectivity index (χ1) is 9.97. The van der Waals surface area contributed by atoms with Gasteiger partial charge < -0.3 is 24.8 Å². The lowest BCUT2D eigenvalue weighted by Crippen LogP contribution is -2.49. The second kappa shape index (κ2) is 8.25. The van der Waals surface area contributed by atoms with Crippen LogP contribution in [0.5, 0.6) is 0 Å². The minimum Gasteiger partial charge on any atom is -0.480 e. The van der Waals surface area contributed by atoms with E-state index in [9.17, 15) is 14.4 Å². The molecule has 1 heterocycles. The van der Waals surface area contributed by atoms with E-state index < -0.39 is 30.4 Å². The summed E-state index contributed by atoms with van der Waals surface area (Å²) in [6.07, 6.45) is 2.15. The standard InChI is InChI=1S/C13H20N2O6/c1-20-8-9-3-5-15(6-4-9)13(19)14-10(12(17)18)7-11(16)21-2/h3,10H,4-8H2,1-2H3,(H,14,19)(H,17,18)/t10-/m0/s1. The minimum absolute atomic E-state index is 0.384. The molecule has 0 spiro atoms. The second-order valence-corrected chi connectivity index (χ2v) is 4.61. The Bertz CT molecular complexity index is 434. The molecule has 118 valence electrons. The van der Waals surface area contributed by atoms with Crippen LogP contribution in [0, 0.1) is 0 Å². The van der Waals surface area contributed by atoms with E-state index in [0.29, 0.717) is 26.1 Å². The van der Waals surface area contributed by atoms with E-state index in [4.69, 9.17) is 9.84 Å². The monoisotopic (exact) mass is 300 g/mol. The zero-order valence-electron chi connectivity index (χ0n) is 12.1. The average molecular weight is 300 g/mol. The number of methoxy groups -OCH3 is 2. The SMILES string of the molecule is COCC1=CCN(C(=O)N[C@@H](CC(=O)OC)C(=O)O)CC1. The van der Waals surface area contributed by atoms with Gasteiger partial charge in [0.1, 0.15) is 6.04 Å². The van der Waals surface area contributed by atoms with Gasteiger partial charge in [-0.05, 0) is 12.0 Å². The highest BCUT2D eigenvalue weighted by Gasteiger charge is 2.26. The molecular formula is C13H20N2O6. The number of carbonyl (C=O) groups is 3. The van der Waals surface area contributed by atoms with Gasteiger partial charge in [0.15, 0.2) is 0 Å². The van der Waals surface area contributed by atoms with Crippen LogP contribution in [0.1, 0.15) is 12.8 Å². The number of urea groups is 1. The Balaban J connectivity index is 2.55. The van der Waals surface area contributed by atoms with Crippen LogP contribution in [0.15, 0.2) is 11.6 Å². The van der Waals surface area contributed by atoms with Crippen molar-refractivity contribution < 1.29 is 29.0 Å².